The van der Waals surface area contributed by atoms with Gasteiger partial charge in [0.05, 0.1) is 9.82 Å². The van der Waals surface area contributed by atoms with Crippen LogP contribution in [0, 0.1) is 10.1 Å². The molecule has 28 heavy (non-hydrogen) atoms. The van der Waals surface area contributed by atoms with Gasteiger partial charge >= 0.3 is 0 Å². The molecular weight excluding hydrogens is 406 g/mol. The normalized spacial score (nSPS) is 11.1. The Morgan fingerprint density at radius 1 is 1.14 bits per heavy atom. The number of nitro benzene ring substituents is 1. The van der Waals surface area contributed by atoms with Crippen molar-refractivity contribution in [2.75, 3.05) is 24.7 Å². The van der Waals surface area contributed by atoms with Crippen LogP contribution in [0.25, 0.3) is 0 Å². The fraction of sp³-hybridized carbons (Fsp3) is 0.278. The van der Waals surface area contributed by atoms with Gasteiger partial charge in [0.15, 0.2) is 9.84 Å². The Labute approximate surface area is 168 Å². The van der Waals surface area contributed by atoms with Crippen LogP contribution < -0.4 is 10.6 Å². The van der Waals surface area contributed by atoms with Crippen molar-refractivity contribution in [2.24, 2.45) is 0 Å². The van der Waals surface area contributed by atoms with E-state index in [0.29, 0.717) is 17.9 Å². The zero-order chi connectivity index (χ0) is 20.7. The molecule has 10 heteroatoms. The zero-order valence-electron chi connectivity index (χ0n) is 15.1. The minimum Gasteiger partial charge on any atom is -0.378 e. The van der Waals surface area contributed by atoms with Gasteiger partial charge in [0, 0.05) is 36.9 Å². The van der Waals surface area contributed by atoms with Gasteiger partial charge in [0.25, 0.3) is 5.69 Å². The van der Waals surface area contributed by atoms with E-state index in [1.165, 1.54) is 12.1 Å². The lowest BCUT2D eigenvalue weighted by Crippen LogP contribution is -2.29. The van der Waals surface area contributed by atoms with E-state index in [1.807, 2.05) is 12.1 Å². The Kier molecular flexibility index (Phi) is 7.36. The molecule has 0 aliphatic carbocycles. The monoisotopic (exact) mass is 425 g/mol. The van der Waals surface area contributed by atoms with Crippen LogP contribution in [0.15, 0.2) is 47.4 Å². The van der Waals surface area contributed by atoms with Gasteiger partial charge in [0.1, 0.15) is 5.69 Å². The highest BCUT2D eigenvalue weighted by Gasteiger charge is 2.18. The van der Waals surface area contributed by atoms with Crippen molar-refractivity contribution in [2.45, 2.75) is 17.7 Å². The van der Waals surface area contributed by atoms with Gasteiger partial charge in [-0.05, 0) is 36.2 Å². The molecule has 0 radical (unpaired) electrons. The smallest absolute Gasteiger partial charge is 0.293 e. The van der Waals surface area contributed by atoms with Crippen LogP contribution in [-0.2, 0) is 21.1 Å². The number of anilines is 1. The SMILES string of the molecule is CS(=O)(=O)c1ccc(NCCNC(=O)CCc2ccc(Cl)cc2)c([N+](=O)[O-])c1. The largest absolute Gasteiger partial charge is 0.378 e. The van der Waals surface area contributed by atoms with Crippen molar-refractivity contribution < 1.29 is 18.1 Å². The van der Waals surface area contributed by atoms with Crippen molar-refractivity contribution in [3.63, 3.8) is 0 Å². The molecule has 0 saturated heterocycles. The second-order valence-electron chi connectivity index (χ2n) is 6.11. The number of carbonyl (C=O) groups excluding carboxylic acids is 1. The summed E-state index contributed by atoms with van der Waals surface area (Å²) in [4.78, 5) is 22.3. The number of amides is 1. The molecule has 1 amide bonds. The van der Waals surface area contributed by atoms with Crippen LogP contribution in [0.5, 0.6) is 0 Å². The molecule has 0 saturated carbocycles. The predicted molar refractivity (Wildman–Crippen MR) is 107 cm³/mol. The molecule has 2 aromatic carbocycles. The number of benzene rings is 2. The first-order chi connectivity index (χ1) is 13.2. The summed E-state index contributed by atoms with van der Waals surface area (Å²) in [7, 11) is -3.54. The first-order valence-electron chi connectivity index (χ1n) is 8.40. The van der Waals surface area contributed by atoms with E-state index < -0.39 is 14.8 Å². The molecule has 2 rings (SSSR count). The van der Waals surface area contributed by atoms with Crippen molar-refractivity contribution in [3.8, 4) is 0 Å². The average Bonchev–Trinajstić information content (AvgIpc) is 2.64. The molecule has 0 aromatic heterocycles. The van der Waals surface area contributed by atoms with Crippen molar-refractivity contribution >= 4 is 38.7 Å². The molecule has 150 valence electrons. The summed E-state index contributed by atoms with van der Waals surface area (Å²) in [5, 5.41) is 17.4. The predicted octanol–water partition coefficient (Wildman–Crippen LogP) is 2.81. The standard InChI is InChI=1S/C18H20ClN3O5S/c1-28(26,27)15-7-8-16(17(12-15)22(24)25)20-10-11-21-18(23)9-4-13-2-5-14(19)6-3-13/h2-3,5-8,12,20H,4,9-11H2,1H3,(H,21,23). The lowest BCUT2D eigenvalue weighted by atomic mass is 10.1. The second-order valence-corrected chi connectivity index (χ2v) is 8.56. The van der Waals surface area contributed by atoms with Crippen LogP contribution in [0.3, 0.4) is 0 Å². The van der Waals surface area contributed by atoms with E-state index in [0.717, 1.165) is 17.9 Å². The van der Waals surface area contributed by atoms with Gasteiger partial charge in [-0.15, -0.1) is 0 Å². The summed E-state index contributed by atoms with van der Waals surface area (Å²) in [5.41, 5.74) is 0.851. The first-order valence-corrected chi connectivity index (χ1v) is 10.7. The number of halogens is 1. The first kappa shape index (κ1) is 21.6. The van der Waals surface area contributed by atoms with Crippen LogP contribution >= 0.6 is 11.6 Å². The molecule has 0 aliphatic heterocycles. The third-order valence-corrected chi connectivity index (χ3v) is 5.27. The number of carbonyl (C=O) groups is 1. The van der Waals surface area contributed by atoms with E-state index in [2.05, 4.69) is 10.6 Å². The lowest BCUT2D eigenvalue weighted by Gasteiger charge is -2.09. The van der Waals surface area contributed by atoms with Crippen molar-refractivity contribution in [1.82, 2.24) is 5.32 Å². The zero-order valence-corrected chi connectivity index (χ0v) is 16.7. The maximum absolute atomic E-state index is 11.9. The Bertz CT molecular complexity index is 962. The number of rotatable bonds is 9. The van der Waals surface area contributed by atoms with Crippen molar-refractivity contribution in [3.05, 3.63) is 63.2 Å². The molecule has 0 bridgehead atoms. The number of nitrogens with zero attached hydrogens (tertiary/aromatic N) is 1. The number of hydrogen-bond donors (Lipinski definition) is 2. The minimum atomic E-state index is -3.54. The Hall–Kier alpha value is -2.65. The van der Waals surface area contributed by atoms with Crippen LogP contribution in [0.2, 0.25) is 5.02 Å². The summed E-state index contributed by atoms with van der Waals surface area (Å²) in [6, 6.07) is 10.9. The molecule has 0 spiro atoms. The summed E-state index contributed by atoms with van der Waals surface area (Å²) in [6.07, 6.45) is 1.87. The maximum Gasteiger partial charge on any atom is 0.293 e. The maximum atomic E-state index is 11.9. The highest BCUT2D eigenvalue weighted by atomic mass is 35.5. The lowest BCUT2D eigenvalue weighted by molar-refractivity contribution is -0.384. The van der Waals surface area contributed by atoms with E-state index in [9.17, 15) is 23.3 Å². The fourth-order valence-electron chi connectivity index (χ4n) is 2.44. The number of nitro groups is 1. The number of sulfone groups is 1. The topological polar surface area (TPSA) is 118 Å². The van der Waals surface area contributed by atoms with Gasteiger partial charge in [-0.3, -0.25) is 14.9 Å². The third-order valence-electron chi connectivity index (χ3n) is 3.91. The van der Waals surface area contributed by atoms with Gasteiger partial charge in [-0.1, -0.05) is 23.7 Å². The quantitative estimate of drug-likeness (QED) is 0.362. The summed E-state index contributed by atoms with van der Waals surface area (Å²) >= 11 is 5.81. The van der Waals surface area contributed by atoms with E-state index in [1.54, 1.807) is 12.1 Å². The van der Waals surface area contributed by atoms with Gasteiger partial charge in [0.2, 0.25) is 5.91 Å². The van der Waals surface area contributed by atoms with Gasteiger partial charge < -0.3 is 10.6 Å². The minimum absolute atomic E-state index is 0.125. The Morgan fingerprint density at radius 2 is 1.82 bits per heavy atom. The van der Waals surface area contributed by atoms with E-state index in [4.69, 9.17) is 11.6 Å². The Balaban J connectivity index is 1.83. The van der Waals surface area contributed by atoms with Gasteiger partial charge in [-0.2, -0.15) is 0 Å². The third kappa shape index (κ3) is 6.50. The van der Waals surface area contributed by atoms with Crippen LogP contribution in [0.1, 0.15) is 12.0 Å². The molecule has 0 atom stereocenters. The molecule has 2 N–H and O–H groups in total. The molecule has 0 fully saturated rings. The summed E-state index contributed by atoms with van der Waals surface area (Å²) in [5.74, 6) is -0.140. The van der Waals surface area contributed by atoms with E-state index >= 15 is 0 Å². The second kappa shape index (κ2) is 9.52. The van der Waals surface area contributed by atoms with Gasteiger partial charge in [-0.25, -0.2) is 8.42 Å². The molecule has 8 nitrogen and oxygen atoms in total. The molecule has 0 aliphatic rings. The average molecular weight is 426 g/mol. The molecule has 0 heterocycles. The molecule has 2 aromatic rings. The molecule has 0 unspecified atom stereocenters. The summed E-state index contributed by atoms with van der Waals surface area (Å²) < 4.78 is 23.1. The van der Waals surface area contributed by atoms with Crippen LogP contribution in [0.4, 0.5) is 11.4 Å². The number of aryl methyl sites for hydroxylation is 1. The fourth-order valence-corrected chi connectivity index (χ4v) is 3.21. The van der Waals surface area contributed by atoms with Crippen LogP contribution in [-0.4, -0.2) is 38.6 Å². The molecular formula is C18H20ClN3O5S. The number of nitrogens with one attached hydrogen (secondary N) is 2. The highest BCUT2D eigenvalue weighted by Crippen LogP contribution is 2.27. The van der Waals surface area contributed by atoms with Crippen molar-refractivity contribution in [1.29, 1.82) is 0 Å². The highest BCUT2D eigenvalue weighted by molar-refractivity contribution is 7.90. The Morgan fingerprint density at radius 3 is 2.43 bits per heavy atom. The summed E-state index contributed by atoms with van der Waals surface area (Å²) in [6.45, 7) is 0.524. The van der Waals surface area contributed by atoms with E-state index in [-0.39, 0.29) is 35.3 Å². The number of hydrogen-bond acceptors (Lipinski definition) is 6.